The highest BCUT2D eigenvalue weighted by molar-refractivity contribution is 5.93. The molecule has 5 rings (SSSR count). The van der Waals surface area contributed by atoms with E-state index in [0.717, 1.165) is 67.3 Å². The van der Waals surface area contributed by atoms with Crippen LogP contribution in [0, 0.1) is 0 Å². The number of piperidine rings is 1. The van der Waals surface area contributed by atoms with Gasteiger partial charge in [0.1, 0.15) is 5.75 Å². The highest BCUT2D eigenvalue weighted by Gasteiger charge is 2.26. The average molecular weight is 509 g/mol. The maximum Gasteiger partial charge on any atom is 0.345 e. The zero-order chi connectivity index (χ0) is 22.6. The summed E-state index contributed by atoms with van der Waals surface area (Å²) in [6.07, 6.45) is 4.24. The largest absolute Gasteiger partial charge is 0.506 e. The molecule has 10 heteroatoms. The number of halogens is 2. The number of carboxylic acid groups (broad SMARTS) is 1. The summed E-state index contributed by atoms with van der Waals surface area (Å²) in [7, 11) is 2.07. The van der Waals surface area contributed by atoms with Gasteiger partial charge in [-0.3, -0.25) is 9.69 Å². The summed E-state index contributed by atoms with van der Waals surface area (Å²) in [5.74, 6) is -1.84. The maximum atomic E-state index is 12.4. The molecule has 0 spiro atoms. The number of pyridine rings is 1. The predicted octanol–water partition coefficient (Wildman–Crippen LogP) is 3.19. The number of aromatic nitrogens is 2. The Labute approximate surface area is 209 Å². The molecule has 1 unspecified atom stereocenters. The quantitative estimate of drug-likeness (QED) is 0.430. The van der Waals surface area contributed by atoms with Crippen molar-refractivity contribution < 1.29 is 15.0 Å². The third-order valence-electron chi connectivity index (χ3n) is 6.94. The van der Waals surface area contributed by atoms with Crippen LogP contribution in [0.25, 0.3) is 22.2 Å². The van der Waals surface area contributed by atoms with Crippen LogP contribution in [-0.4, -0.2) is 49.8 Å². The number of aromatic hydroxyl groups is 1. The third-order valence-corrected chi connectivity index (χ3v) is 6.94. The standard InChI is InChI=1S/C24H28N4O4.2ClH/c1-27-16(12-28-7-3-5-15(25)11-28)8-14-9-18-13(10-19(14)27)4-2-6-17-21(18)26-23(30)20(22(17)29)24(31)32;;/h8-10,15H,2-7,11-12,25H2,1H3,(H,31,32)(H2,26,29,30);2*1H. The second kappa shape index (κ2) is 10.00. The van der Waals surface area contributed by atoms with Crippen LogP contribution >= 0.6 is 24.8 Å². The van der Waals surface area contributed by atoms with Crippen LogP contribution in [0.5, 0.6) is 5.75 Å². The van der Waals surface area contributed by atoms with Gasteiger partial charge in [-0.2, -0.15) is 0 Å². The van der Waals surface area contributed by atoms with Crippen molar-refractivity contribution in [2.75, 3.05) is 13.1 Å². The molecule has 34 heavy (non-hydrogen) atoms. The number of likely N-dealkylation sites (tertiary alicyclic amines) is 1. The molecular weight excluding hydrogens is 479 g/mol. The van der Waals surface area contributed by atoms with E-state index in [0.29, 0.717) is 17.7 Å². The molecule has 2 aromatic heterocycles. The van der Waals surface area contributed by atoms with E-state index < -0.39 is 22.8 Å². The molecule has 184 valence electrons. The fraction of sp³-hybridized carbons (Fsp3) is 0.417. The third kappa shape index (κ3) is 4.43. The van der Waals surface area contributed by atoms with Gasteiger partial charge in [-0.25, -0.2) is 4.79 Å². The topological polar surface area (TPSA) is 125 Å². The van der Waals surface area contributed by atoms with Gasteiger partial charge in [0.2, 0.25) is 0 Å². The molecule has 0 saturated carbocycles. The van der Waals surface area contributed by atoms with Crippen molar-refractivity contribution in [1.29, 1.82) is 0 Å². The number of carboxylic acids is 1. The smallest absolute Gasteiger partial charge is 0.345 e. The Morgan fingerprint density at radius 1 is 1.21 bits per heavy atom. The second-order valence-electron chi connectivity index (χ2n) is 9.09. The minimum Gasteiger partial charge on any atom is -0.506 e. The van der Waals surface area contributed by atoms with E-state index in [1.54, 1.807) is 0 Å². The molecule has 3 aromatic rings. The highest BCUT2D eigenvalue weighted by atomic mass is 35.5. The molecule has 0 amide bonds. The van der Waals surface area contributed by atoms with Gasteiger partial charge in [-0.15, -0.1) is 24.8 Å². The van der Waals surface area contributed by atoms with Crippen molar-refractivity contribution in [3.05, 3.63) is 50.9 Å². The first-order valence-corrected chi connectivity index (χ1v) is 11.1. The lowest BCUT2D eigenvalue weighted by Gasteiger charge is -2.30. The van der Waals surface area contributed by atoms with E-state index in [1.165, 1.54) is 5.69 Å². The minimum atomic E-state index is -1.42. The number of hydrogen-bond acceptors (Lipinski definition) is 5. The van der Waals surface area contributed by atoms with Crippen molar-refractivity contribution in [1.82, 2.24) is 14.5 Å². The van der Waals surface area contributed by atoms with E-state index in [9.17, 15) is 19.8 Å². The van der Waals surface area contributed by atoms with Crippen molar-refractivity contribution in [3.63, 3.8) is 0 Å². The summed E-state index contributed by atoms with van der Waals surface area (Å²) in [6, 6.07) is 6.61. The summed E-state index contributed by atoms with van der Waals surface area (Å²) >= 11 is 0. The monoisotopic (exact) mass is 508 g/mol. The molecule has 0 bridgehead atoms. The number of carbonyl (C=O) groups is 1. The van der Waals surface area contributed by atoms with Crippen LogP contribution in [0.1, 0.15) is 46.4 Å². The fourth-order valence-corrected chi connectivity index (χ4v) is 5.30. The van der Waals surface area contributed by atoms with Gasteiger partial charge in [0.15, 0.2) is 5.56 Å². The molecular formula is C24H30Cl2N4O4. The molecule has 1 aliphatic heterocycles. The minimum absolute atomic E-state index is 0. The van der Waals surface area contributed by atoms with Crippen LogP contribution < -0.4 is 11.3 Å². The van der Waals surface area contributed by atoms with Crippen LogP contribution in [0.3, 0.4) is 0 Å². The first kappa shape index (κ1) is 26.1. The van der Waals surface area contributed by atoms with Crippen molar-refractivity contribution >= 4 is 41.7 Å². The van der Waals surface area contributed by atoms with Gasteiger partial charge in [-0.1, -0.05) is 0 Å². The van der Waals surface area contributed by atoms with Crippen LogP contribution in [-0.2, 0) is 26.4 Å². The number of nitrogens with zero attached hydrogens (tertiary/aromatic N) is 2. The second-order valence-corrected chi connectivity index (χ2v) is 9.09. The van der Waals surface area contributed by atoms with Gasteiger partial charge in [-0.05, 0) is 62.4 Å². The van der Waals surface area contributed by atoms with Crippen molar-refractivity contribution in [2.24, 2.45) is 12.8 Å². The number of aromatic amines is 1. The zero-order valence-electron chi connectivity index (χ0n) is 19.0. The lowest BCUT2D eigenvalue weighted by Crippen LogP contribution is -2.42. The van der Waals surface area contributed by atoms with Crippen LogP contribution in [0.4, 0.5) is 0 Å². The lowest BCUT2D eigenvalue weighted by molar-refractivity contribution is 0.0691. The first-order chi connectivity index (χ1) is 15.3. The summed E-state index contributed by atoms with van der Waals surface area (Å²) in [6.45, 7) is 2.78. The Balaban J connectivity index is 0.00000162. The maximum absolute atomic E-state index is 12.4. The van der Waals surface area contributed by atoms with Gasteiger partial charge < -0.3 is 25.5 Å². The summed E-state index contributed by atoms with van der Waals surface area (Å²) in [4.78, 5) is 29.0. The van der Waals surface area contributed by atoms with Gasteiger partial charge in [0.05, 0.1) is 5.69 Å². The molecule has 1 saturated heterocycles. The zero-order valence-corrected chi connectivity index (χ0v) is 20.6. The molecule has 0 radical (unpaired) electrons. The molecule has 3 heterocycles. The number of rotatable bonds is 3. The highest BCUT2D eigenvalue weighted by Crippen LogP contribution is 2.38. The predicted molar refractivity (Wildman–Crippen MR) is 137 cm³/mol. The van der Waals surface area contributed by atoms with E-state index in [-0.39, 0.29) is 30.9 Å². The molecule has 1 aliphatic carbocycles. The Bertz CT molecular complexity index is 1300. The SMILES string of the molecule is Cl.Cl.Cn1c(CN2CCCC(N)C2)cc2cc3c(cc21)CCCc1c-3[nH]c(=O)c(C(=O)O)c1O. The Kier molecular flexibility index (Phi) is 7.67. The van der Waals surface area contributed by atoms with Crippen LogP contribution in [0.2, 0.25) is 0 Å². The Morgan fingerprint density at radius 2 is 1.97 bits per heavy atom. The number of hydrogen-bond donors (Lipinski definition) is 4. The van der Waals surface area contributed by atoms with Crippen LogP contribution in [0.15, 0.2) is 23.0 Å². The average Bonchev–Trinajstić information content (AvgIpc) is 2.91. The summed E-state index contributed by atoms with van der Waals surface area (Å²) < 4.78 is 2.22. The number of nitrogens with one attached hydrogen (secondary N) is 1. The molecule has 1 atom stereocenters. The molecule has 1 fully saturated rings. The lowest BCUT2D eigenvalue weighted by atomic mass is 9.98. The number of H-pyrrole nitrogens is 1. The Morgan fingerprint density at radius 3 is 2.68 bits per heavy atom. The Hall–Kier alpha value is -2.52. The van der Waals surface area contributed by atoms with E-state index in [2.05, 4.69) is 39.7 Å². The molecule has 5 N–H and O–H groups in total. The number of aromatic carboxylic acids is 1. The number of fused-ring (bicyclic) bond motifs is 4. The van der Waals surface area contributed by atoms with Crippen molar-refractivity contribution in [3.8, 4) is 17.0 Å². The van der Waals surface area contributed by atoms with Gasteiger partial charge in [0.25, 0.3) is 5.56 Å². The van der Waals surface area contributed by atoms with E-state index in [4.69, 9.17) is 5.73 Å². The number of benzene rings is 1. The van der Waals surface area contributed by atoms with Crippen molar-refractivity contribution in [2.45, 2.75) is 44.7 Å². The van der Waals surface area contributed by atoms with E-state index in [1.807, 2.05) is 0 Å². The first-order valence-electron chi connectivity index (χ1n) is 11.1. The number of aryl methyl sites for hydroxylation is 2. The summed E-state index contributed by atoms with van der Waals surface area (Å²) in [5, 5.41) is 21.0. The van der Waals surface area contributed by atoms with E-state index >= 15 is 0 Å². The number of nitrogens with two attached hydrogens (primary N) is 1. The molecule has 1 aromatic carbocycles. The fourth-order valence-electron chi connectivity index (χ4n) is 5.30. The molecule has 2 aliphatic rings. The summed E-state index contributed by atoms with van der Waals surface area (Å²) in [5.41, 5.74) is 10.1. The normalized spacial score (nSPS) is 17.8. The van der Waals surface area contributed by atoms with Gasteiger partial charge in [0, 0.05) is 53.9 Å². The van der Waals surface area contributed by atoms with Gasteiger partial charge >= 0.3 is 5.97 Å². The molecule has 8 nitrogen and oxygen atoms in total.